The molecule has 0 unspecified atom stereocenters. The summed E-state index contributed by atoms with van der Waals surface area (Å²) < 4.78 is 0. The third-order valence-electron chi connectivity index (χ3n) is 3.31. The first-order valence-corrected chi connectivity index (χ1v) is 6.96. The molecule has 0 aliphatic carbocycles. The predicted molar refractivity (Wildman–Crippen MR) is 84.7 cm³/mol. The predicted octanol–water partition coefficient (Wildman–Crippen LogP) is 2.93. The van der Waals surface area contributed by atoms with Gasteiger partial charge in [-0.1, -0.05) is 24.3 Å². The number of carbonyl (C=O) groups excluding carboxylic acids is 1. The van der Waals surface area contributed by atoms with E-state index < -0.39 is 0 Å². The van der Waals surface area contributed by atoms with Crippen LogP contribution < -0.4 is 10.6 Å². The van der Waals surface area contributed by atoms with Gasteiger partial charge in [-0.25, -0.2) is 0 Å². The third-order valence-corrected chi connectivity index (χ3v) is 3.31. The smallest absolute Gasteiger partial charge is 0.251 e. The molecule has 0 radical (unpaired) electrons. The van der Waals surface area contributed by atoms with Crippen LogP contribution in [0.15, 0.2) is 48.5 Å². The van der Waals surface area contributed by atoms with Crippen LogP contribution in [0.3, 0.4) is 0 Å². The second-order valence-electron chi connectivity index (χ2n) is 5.07. The molecular weight excluding hydrogens is 264 g/mol. The number of rotatable bonds is 5. The molecule has 0 saturated carbocycles. The highest BCUT2D eigenvalue weighted by Gasteiger charge is 2.12. The monoisotopic (exact) mass is 284 g/mol. The quantitative estimate of drug-likeness (QED) is 0.791. The van der Waals surface area contributed by atoms with Gasteiger partial charge in [0, 0.05) is 29.4 Å². The van der Waals surface area contributed by atoms with Crippen molar-refractivity contribution in [1.29, 1.82) is 0 Å². The van der Waals surface area contributed by atoms with Crippen molar-refractivity contribution in [2.24, 2.45) is 0 Å². The summed E-state index contributed by atoms with van der Waals surface area (Å²) in [6.07, 6.45) is 0. The molecule has 2 rings (SSSR count). The second-order valence-corrected chi connectivity index (χ2v) is 5.07. The molecule has 0 aromatic heterocycles. The Labute approximate surface area is 124 Å². The van der Waals surface area contributed by atoms with E-state index in [0.717, 1.165) is 5.69 Å². The largest absolute Gasteiger partial charge is 0.508 e. The van der Waals surface area contributed by atoms with Crippen LogP contribution in [0.1, 0.15) is 22.8 Å². The van der Waals surface area contributed by atoms with Crippen LogP contribution in [0.5, 0.6) is 5.75 Å². The summed E-state index contributed by atoms with van der Waals surface area (Å²) in [4.78, 5) is 12.1. The maximum absolute atomic E-state index is 12.1. The average Bonchev–Trinajstić information content (AvgIpc) is 2.48. The summed E-state index contributed by atoms with van der Waals surface area (Å²) in [5, 5.41) is 15.8. The minimum Gasteiger partial charge on any atom is -0.508 e. The van der Waals surface area contributed by atoms with Gasteiger partial charge in [-0.05, 0) is 38.1 Å². The average molecular weight is 284 g/mol. The number of aromatic hydroxyl groups is 1. The maximum atomic E-state index is 12.1. The molecule has 110 valence electrons. The molecule has 3 N–H and O–H groups in total. The molecule has 21 heavy (non-hydrogen) atoms. The van der Waals surface area contributed by atoms with Crippen molar-refractivity contribution in [3.8, 4) is 5.75 Å². The van der Waals surface area contributed by atoms with Crippen molar-refractivity contribution < 1.29 is 9.90 Å². The number of benzene rings is 2. The summed E-state index contributed by atoms with van der Waals surface area (Å²) >= 11 is 0. The number of phenolic OH excluding ortho intramolecular Hbond substituents is 1. The lowest BCUT2D eigenvalue weighted by atomic mass is 10.1. The fraction of sp³-hybridized carbons (Fsp3) is 0.235. The molecule has 0 heterocycles. The Morgan fingerprint density at radius 3 is 2.57 bits per heavy atom. The first-order chi connectivity index (χ1) is 10.1. The maximum Gasteiger partial charge on any atom is 0.251 e. The number of hydrogen-bond acceptors (Lipinski definition) is 3. The zero-order chi connectivity index (χ0) is 15.2. The highest BCUT2D eigenvalue weighted by Crippen LogP contribution is 2.19. The molecule has 0 aliphatic heterocycles. The molecule has 4 nitrogen and oxygen atoms in total. The van der Waals surface area contributed by atoms with Gasteiger partial charge < -0.3 is 15.7 Å². The van der Waals surface area contributed by atoms with Crippen molar-refractivity contribution in [1.82, 2.24) is 5.32 Å². The Morgan fingerprint density at radius 2 is 1.86 bits per heavy atom. The van der Waals surface area contributed by atoms with Crippen LogP contribution in [-0.2, 0) is 0 Å². The van der Waals surface area contributed by atoms with Crippen LogP contribution in [0.2, 0.25) is 0 Å². The van der Waals surface area contributed by atoms with E-state index in [1.165, 1.54) is 0 Å². The van der Waals surface area contributed by atoms with E-state index in [9.17, 15) is 9.90 Å². The van der Waals surface area contributed by atoms with Crippen molar-refractivity contribution >= 4 is 11.6 Å². The second kappa shape index (κ2) is 6.79. The lowest BCUT2D eigenvalue weighted by Gasteiger charge is -2.16. The molecular formula is C17H20N2O2. The van der Waals surface area contributed by atoms with Crippen molar-refractivity contribution in [2.45, 2.75) is 19.9 Å². The number of hydrogen-bond donors (Lipinski definition) is 3. The molecule has 2 aromatic rings. The molecule has 2 aromatic carbocycles. The van der Waals surface area contributed by atoms with Crippen LogP contribution in [0.25, 0.3) is 0 Å². The van der Waals surface area contributed by atoms with E-state index in [-0.39, 0.29) is 17.7 Å². The van der Waals surface area contributed by atoms with Crippen molar-refractivity contribution in [3.63, 3.8) is 0 Å². The first kappa shape index (κ1) is 14.9. The Morgan fingerprint density at radius 1 is 1.14 bits per heavy atom. The van der Waals surface area contributed by atoms with Gasteiger partial charge in [0.1, 0.15) is 5.75 Å². The third kappa shape index (κ3) is 3.99. The first-order valence-electron chi connectivity index (χ1n) is 6.96. The molecule has 0 spiro atoms. The van der Waals surface area contributed by atoms with Crippen molar-refractivity contribution in [3.05, 3.63) is 59.7 Å². The van der Waals surface area contributed by atoms with Gasteiger partial charge >= 0.3 is 0 Å². The molecule has 0 fully saturated rings. The number of phenols is 1. The highest BCUT2D eigenvalue weighted by molar-refractivity contribution is 5.96. The molecule has 1 atom stereocenters. The van der Waals surface area contributed by atoms with Gasteiger partial charge in [-0.15, -0.1) is 0 Å². The number of para-hydroxylation sites is 1. The van der Waals surface area contributed by atoms with E-state index in [0.29, 0.717) is 17.7 Å². The number of amides is 1. The fourth-order valence-electron chi connectivity index (χ4n) is 2.08. The van der Waals surface area contributed by atoms with Crippen LogP contribution in [-0.4, -0.2) is 23.6 Å². The molecule has 0 bridgehead atoms. The van der Waals surface area contributed by atoms with Gasteiger partial charge in [-0.3, -0.25) is 4.79 Å². The van der Waals surface area contributed by atoms with Crippen LogP contribution in [0.4, 0.5) is 5.69 Å². The van der Waals surface area contributed by atoms with E-state index in [1.807, 2.05) is 37.3 Å². The highest BCUT2D eigenvalue weighted by atomic mass is 16.3. The zero-order valence-electron chi connectivity index (χ0n) is 12.3. The summed E-state index contributed by atoms with van der Waals surface area (Å²) in [7, 11) is 0. The van der Waals surface area contributed by atoms with E-state index in [4.69, 9.17) is 0 Å². The van der Waals surface area contributed by atoms with Crippen LogP contribution >= 0.6 is 0 Å². The van der Waals surface area contributed by atoms with Crippen LogP contribution in [0, 0.1) is 6.92 Å². The minimum atomic E-state index is -0.176. The van der Waals surface area contributed by atoms with Gasteiger partial charge in [-0.2, -0.15) is 0 Å². The minimum absolute atomic E-state index is 0.106. The summed E-state index contributed by atoms with van der Waals surface area (Å²) in [6.45, 7) is 4.24. The number of anilines is 1. The Hall–Kier alpha value is -2.49. The van der Waals surface area contributed by atoms with Crippen molar-refractivity contribution in [2.75, 3.05) is 11.9 Å². The van der Waals surface area contributed by atoms with Gasteiger partial charge in [0.2, 0.25) is 0 Å². The summed E-state index contributed by atoms with van der Waals surface area (Å²) in [5.74, 6) is -0.0387. The lowest BCUT2D eigenvalue weighted by molar-refractivity contribution is 0.0951. The Kier molecular flexibility index (Phi) is 4.82. The molecule has 4 heteroatoms. The van der Waals surface area contributed by atoms with E-state index >= 15 is 0 Å². The Balaban J connectivity index is 1.90. The SMILES string of the molecule is Cc1c(O)cccc1C(=O)NC[C@@H](C)Nc1ccccc1. The molecule has 1 amide bonds. The summed E-state index contributed by atoms with van der Waals surface area (Å²) in [5.41, 5.74) is 2.12. The molecule has 0 saturated heterocycles. The van der Waals surface area contributed by atoms with Gasteiger partial charge in [0.05, 0.1) is 0 Å². The van der Waals surface area contributed by atoms with Gasteiger partial charge in [0.25, 0.3) is 5.91 Å². The Bertz CT molecular complexity index is 611. The molecule has 0 aliphatic rings. The summed E-state index contributed by atoms with van der Waals surface area (Å²) in [6, 6.07) is 14.9. The number of carbonyl (C=O) groups is 1. The van der Waals surface area contributed by atoms with Gasteiger partial charge in [0.15, 0.2) is 0 Å². The van der Waals surface area contributed by atoms with E-state index in [1.54, 1.807) is 25.1 Å². The number of nitrogens with one attached hydrogen (secondary N) is 2. The normalized spacial score (nSPS) is 11.7. The fourth-order valence-corrected chi connectivity index (χ4v) is 2.08. The topological polar surface area (TPSA) is 61.4 Å². The lowest BCUT2D eigenvalue weighted by Crippen LogP contribution is -2.34. The van der Waals surface area contributed by atoms with E-state index in [2.05, 4.69) is 10.6 Å². The zero-order valence-corrected chi connectivity index (χ0v) is 12.3. The standard InChI is InChI=1S/C17H20N2O2/c1-12(19-14-7-4-3-5-8-14)11-18-17(21)15-9-6-10-16(20)13(15)2/h3-10,12,19-20H,11H2,1-2H3,(H,18,21)/t12-/m1/s1.